The summed E-state index contributed by atoms with van der Waals surface area (Å²) in [6.07, 6.45) is 6.72. The molecular formula is C16H30O6Si. The van der Waals surface area contributed by atoms with Crippen molar-refractivity contribution in [3.8, 4) is 0 Å². The van der Waals surface area contributed by atoms with Crippen LogP contribution in [0, 0.1) is 0 Å². The van der Waals surface area contributed by atoms with E-state index in [1.54, 1.807) is 14.2 Å². The molecule has 0 radical (unpaired) electrons. The summed E-state index contributed by atoms with van der Waals surface area (Å²) in [5.41, 5.74) is -1.08. The Labute approximate surface area is 139 Å². The molecule has 23 heavy (non-hydrogen) atoms. The molecule has 4 unspecified atom stereocenters. The molecule has 0 saturated carbocycles. The molecule has 6 nitrogen and oxygen atoms in total. The fraction of sp³-hybridized carbons (Fsp3) is 1.00. The fourth-order valence-electron chi connectivity index (χ4n) is 3.91. The van der Waals surface area contributed by atoms with Gasteiger partial charge in [-0.3, -0.25) is 4.74 Å². The van der Waals surface area contributed by atoms with Gasteiger partial charge in [-0.05, 0) is 50.6 Å². The van der Waals surface area contributed by atoms with Gasteiger partial charge in [0.05, 0.1) is 6.61 Å². The molecule has 0 amide bonds. The van der Waals surface area contributed by atoms with E-state index in [0.717, 1.165) is 63.6 Å². The lowest BCUT2D eigenvalue weighted by Crippen LogP contribution is -2.67. The Morgan fingerprint density at radius 3 is 2.43 bits per heavy atom. The van der Waals surface area contributed by atoms with Crippen molar-refractivity contribution in [1.29, 1.82) is 0 Å². The zero-order chi connectivity index (χ0) is 16.2. The predicted molar refractivity (Wildman–Crippen MR) is 86.1 cm³/mol. The molecule has 0 aromatic heterocycles. The van der Waals surface area contributed by atoms with E-state index in [2.05, 4.69) is 0 Å². The lowest BCUT2D eigenvalue weighted by Gasteiger charge is -2.49. The molecule has 4 atom stereocenters. The Morgan fingerprint density at radius 2 is 1.70 bits per heavy atom. The number of rotatable bonds is 4. The lowest BCUT2D eigenvalue weighted by atomic mass is 10.2. The van der Waals surface area contributed by atoms with Gasteiger partial charge in [0.15, 0.2) is 6.29 Å². The summed E-state index contributed by atoms with van der Waals surface area (Å²) in [5.74, 6) is 0. The maximum Gasteiger partial charge on any atom is 0.297 e. The normalized spacial score (nSPS) is 42.5. The molecule has 3 aliphatic heterocycles. The first kappa shape index (κ1) is 17.8. The Bertz CT molecular complexity index is 378. The lowest BCUT2D eigenvalue weighted by molar-refractivity contribution is -0.381. The van der Waals surface area contributed by atoms with Crippen LogP contribution in [0.1, 0.15) is 44.9 Å². The van der Waals surface area contributed by atoms with Gasteiger partial charge in [-0.25, -0.2) is 0 Å². The Kier molecular flexibility index (Phi) is 6.11. The van der Waals surface area contributed by atoms with Gasteiger partial charge in [0.25, 0.3) is 13.9 Å². The predicted octanol–water partition coefficient (Wildman–Crippen LogP) is 2.91. The zero-order valence-corrected chi connectivity index (χ0v) is 15.4. The summed E-state index contributed by atoms with van der Waals surface area (Å²) < 4.78 is 36.2. The number of hydrogen-bond donors (Lipinski definition) is 0. The van der Waals surface area contributed by atoms with Crippen molar-refractivity contribution in [3.05, 3.63) is 0 Å². The van der Waals surface area contributed by atoms with Crippen LogP contribution in [-0.2, 0) is 28.1 Å². The molecule has 7 heteroatoms. The van der Waals surface area contributed by atoms with Crippen LogP contribution in [0.3, 0.4) is 0 Å². The van der Waals surface area contributed by atoms with Crippen molar-refractivity contribution in [2.45, 2.75) is 75.2 Å². The average Bonchev–Trinajstić information content (AvgIpc) is 2.76. The molecule has 3 heterocycles. The molecule has 3 rings (SSSR count). The van der Waals surface area contributed by atoms with E-state index < -0.39 is 13.9 Å². The highest BCUT2D eigenvalue weighted by Crippen LogP contribution is 2.44. The molecule has 0 aromatic carbocycles. The van der Waals surface area contributed by atoms with E-state index in [1.807, 2.05) is 0 Å². The van der Waals surface area contributed by atoms with Gasteiger partial charge in [-0.1, -0.05) is 6.42 Å². The van der Waals surface area contributed by atoms with Gasteiger partial charge in [0, 0.05) is 20.8 Å². The smallest absolute Gasteiger partial charge is 0.297 e. The van der Waals surface area contributed by atoms with Gasteiger partial charge in [-0.2, -0.15) is 0 Å². The maximum absolute atomic E-state index is 6.48. The second-order valence-electron chi connectivity index (χ2n) is 6.65. The van der Waals surface area contributed by atoms with Crippen molar-refractivity contribution in [2.24, 2.45) is 0 Å². The highest BCUT2D eigenvalue weighted by molar-refractivity contribution is 6.76. The zero-order valence-electron chi connectivity index (χ0n) is 14.4. The molecule has 134 valence electrons. The standard InChI is InChI=1S/C16H30O6Si/c1-17-14-9-7-13-23(22-14)12-6-5-11-20-16(23,18-2)21-15-8-3-4-10-19-15/h14-15H,3-13H2,1-2H3. The van der Waals surface area contributed by atoms with Crippen molar-refractivity contribution in [1.82, 2.24) is 0 Å². The van der Waals surface area contributed by atoms with Crippen LogP contribution < -0.4 is 0 Å². The SMILES string of the molecule is COC1CCC[Si]2(CCCCOC2(OC)OC2CCCCO2)O1. The quantitative estimate of drug-likeness (QED) is 0.576. The van der Waals surface area contributed by atoms with Gasteiger partial charge < -0.3 is 23.4 Å². The molecule has 3 aliphatic rings. The largest absolute Gasteiger partial charge is 0.383 e. The minimum atomic E-state index is -2.44. The molecule has 0 bridgehead atoms. The third kappa shape index (κ3) is 3.66. The first-order valence-corrected chi connectivity index (χ1v) is 11.2. The van der Waals surface area contributed by atoms with E-state index >= 15 is 0 Å². The minimum absolute atomic E-state index is 0.178. The third-order valence-electron chi connectivity index (χ3n) is 5.16. The summed E-state index contributed by atoms with van der Waals surface area (Å²) in [7, 11) is 0.933. The molecule has 0 N–H and O–H groups in total. The molecule has 3 fully saturated rings. The first-order chi connectivity index (χ1) is 11.2. The summed E-state index contributed by atoms with van der Waals surface area (Å²) in [4.78, 5) is 0. The molecule has 3 saturated heterocycles. The Morgan fingerprint density at radius 1 is 0.913 bits per heavy atom. The highest BCUT2D eigenvalue weighted by atomic mass is 28.4. The van der Waals surface area contributed by atoms with Crippen LogP contribution in [0.2, 0.25) is 12.1 Å². The molecule has 1 spiro atoms. The molecular weight excluding hydrogens is 316 g/mol. The second-order valence-corrected chi connectivity index (χ2v) is 10.5. The van der Waals surface area contributed by atoms with Crippen LogP contribution in [0.25, 0.3) is 0 Å². The van der Waals surface area contributed by atoms with Crippen LogP contribution in [0.4, 0.5) is 0 Å². The highest BCUT2D eigenvalue weighted by Gasteiger charge is 2.63. The van der Waals surface area contributed by atoms with E-state index in [9.17, 15) is 0 Å². The third-order valence-corrected chi connectivity index (χ3v) is 9.78. The van der Waals surface area contributed by atoms with Crippen LogP contribution in [-0.4, -0.2) is 53.9 Å². The topological polar surface area (TPSA) is 55.4 Å². The van der Waals surface area contributed by atoms with Crippen LogP contribution in [0.5, 0.6) is 0 Å². The first-order valence-electron chi connectivity index (χ1n) is 8.93. The van der Waals surface area contributed by atoms with Gasteiger partial charge in [0.2, 0.25) is 0 Å². The molecule has 0 aliphatic carbocycles. The van der Waals surface area contributed by atoms with Crippen LogP contribution >= 0.6 is 0 Å². The summed E-state index contributed by atoms with van der Waals surface area (Å²) >= 11 is 0. The number of methoxy groups -OCH3 is 2. The van der Waals surface area contributed by atoms with Gasteiger partial charge >= 0.3 is 0 Å². The maximum atomic E-state index is 6.48. The van der Waals surface area contributed by atoms with Crippen molar-refractivity contribution >= 4 is 8.32 Å². The van der Waals surface area contributed by atoms with Gasteiger partial charge in [0.1, 0.15) is 6.29 Å². The number of ether oxygens (including phenoxy) is 5. The Balaban J connectivity index is 1.84. The molecule has 0 aromatic rings. The van der Waals surface area contributed by atoms with Crippen molar-refractivity contribution in [3.63, 3.8) is 0 Å². The van der Waals surface area contributed by atoms with Crippen LogP contribution in [0.15, 0.2) is 0 Å². The van der Waals surface area contributed by atoms with E-state index in [1.165, 1.54) is 0 Å². The summed E-state index contributed by atoms with van der Waals surface area (Å²) in [6.45, 7) is 1.37. The fourth-order valence-corrected chi connectivity index (χ4v) is 8.55. The van der Waals surface area contributed by atoms with Crippen molar-refractivity contribution in [2.75, 3.05) is 27.4 Å². The summed E-state index contributed by atoms with van der Waals surface area (Å²) in [6, 6.07) is 1.96. The summed E-state index contributed by atoms with van der Waals surface area (Å²) in [5, 5.41) is 0. The van der Waals surface area contributed by atoms with Gasteiger partial charge in [-0.15, -0.1) is 0 Å². The van der Waals surface area contributed by atoms with E-state index in [0.29, 0.717) is 6.61 Å². The van der Waals surface area contributed by atoms with E-state index in [-0.39, 0.29) is 12.6 Å². The van der Waals surface area contributed by atoms with Crippen molar-refractivity contribution < 1.29 is 28.1 Å². The second kappa shape index (κ2) is 7.90. The Hall–Kier alpha value is -0.0231. The number of hydrogen-bond acceptors (Lipinski definition) is 6. The average molecular weight is 346 g/mol. The minimum Gasteiger partial charge on any atom is -0.383 e. The monoisotopic (exact) mass is 346 g/mol. The van der Waals surface area contributed by atoms with E-state index in [4.69, 9.17) is 28.1 Å².